The van der Waals surface area contributed by atoms with Crippen LogP contribution in [0.4, 0.5) is 15.9 Å². The zero-order valence-corrected chi connectivity index (χ0v) is 14.0. The highest BCUT2D eigenvalue weighted by molar-refractivity contribution is 5.92. The lowest BCUT2D eigenvalue weighted by Crippen LogP contribution is -2.26. The van der Waals surface area contributed by atoms with Gasteiger partial charge in [0, 0.05) is 12.2 Å². The van der Waals surface area contributed by atoms with Crippen LogP contribution in [0, 0.1) is 5.82 Å². The van der Waals surface area contributed by atoms with Crippen molar-refractivity contribution in [2.75, 3.05) is 11.9 Å². The summed E-state index contributed by atoms with van der Waals surface area (Å²) >= 11 is 0. The predicted molar refractivity (Wildman–Crippen MR) is 95.2 cm³/mol. The average molecular weight is 340 g/mol. The minimum atomic E-state index is -0.331. The van der Waals surface area contributed by atoms with E-state index in [1.165, 1.54) is 42.9 Å². The summed E-state index contributed by atoms with van der Waals surface area (Å²) in [6, 6.07) is 6.07. The van der Waals surface area contributed by atoms with E-state index in [2.05, 4.69) is 26.7 Å². The number of nitrogens with zero attached hydrogens (tertiary/aromatic N) is 2. The zero-order valence-electron chi connectivity index (χ0n) is 14.0. The smallest absolute Gasteiger partial charge is 0.271 e. The second kappa shape index (κ2) is 8.37. The summed E-state index contributed by atoms with van der Waals surface area (Å²) in [6.07, 6.45) is 10.8. The van der Waals surface area contributed by atoms with Crippen molar-refractivity contribution in [2.24, 2.45) is 0 Å². The molecule has 5 nitrogen and oxygen atoms in total. The Morgan fingerprint density at radius 1 is 1.20 bits per heavy atom. The number of carbonyl (C=O) groups excluding carboxylic acids is 1. The molecular weight excluding hydrogens is 319 g/mol. The minimum Gasteiger partial charge on any atom is -0.350 e. The highest BCUT2D eigenvalue weighted by Gasteiger charge is 2.09. The first kappa shape index (κ1) is 17.1. The maximum atomic E-state index is 13.2. The minimum absolute atomic E-state index is 0.235. The normalized spacial score (nSPS) is 13.9. The molecule has 2 N–H and O–H groups in total. The van der Waals surface area contributed by atoms with Gasteiger partial charge in [-0.25, -0.2) is 14.4 Å². The van der Waals surface area contributed by atoms with E-state index in [1.54, 1.807) is 12.1 Å². The van der Waals surface area contributed by atoms with Crippen LogP contribution in [0.3, 0.4) is 0 Å². The number of hydrogen-bond acceptors (Lipinski definition) is 4. The second-order valence-corrected chi connectivity index (χ2v) is 6.04. The average Bonchev–Trinajstić information content (AvgIpc) is 2.63. The number of rotatable bonds is 6. The number of amides is 1. The Labute approximate surface area is 146 Å². The van der Waals surface area contributed by atoms with Gasteiger partial charge in [0.25, 0.3) is 5.91 Å². The van der Waals surface area contributed by atoms with E-state index in [-0.39, 0.29) is 17.4 Å². The quantitative estimate of drug-likeness (QED) is 0.781. The fourth-order valence-electron chi connectivity index (χ4n) is 2.78. The van der Waals surface area contributed by atoms with Crippen LogP contribution in [0.5, 0.6) is 0 Å². The number of halogens is 1. The summed E-state index contributed by atoms with van der Waals surface area (Å²) in [5.41, 5.74) is 2.27. The third-order valence-corrected chi connectivity index (χ3v) is 4.10. The first-order valence-electron chi connectivity index (χ1n) is 8.51. The first-order valence-corrected chi connectivity index (χ1v) is 8.51. The van der Waals surface area contributed by atoms with Crippen molar-refractivity contribution in [1.29, 1.82) is 0 Å². The Hall–Kier alpha value is -2.76. The molecule has 2 aromatic rings. The monoisotopic (exact) mass is 340 g/mol. The van der Waals surface area contributed by atoms with E-state index in [9.17, 15) is 9.18 Å². The fraction of sp³-hybridized carbons (Fsp3) is 0.316. The molecule has 130 valence electrons. The summed E-state index contributed by atoms with van der Waals surface area (Å²) < 4.78 is 13.2. The van der Waals surface area contributed by atoms with Crippen molar-refractivity contribution in [3.63, 3.8) is 0 Å². The number of allylic oxidation sites excluding steroid dienone is 1. The fourth-order valence-corrected chi connectivity index (χ4v) is 2.78. The Morgan fingerprint density at radius 2 is 2.12 bits per heavy atom. The van der Waals surface area contributed by atoms with Gasteiger partial charge in [0.15, 0.2) is 0 Å². The van der Waals surface area contributed by atoms with Gasteiger partial charge in [-0.05, 0) is 50.3 Å². The first-order chi connectivity index (χ1) is 12.2. The van der Waals surface area contributed by atoms with E-state index in [0.717, 1.165) is 19.3 Å². The van der Waals surface area contributed by atoms with Crippen LogP contribution in [0.25, 0.3) is 0 Å². The van der Waals surface area contributed by atoms with Gasteiger partial charge in [0.1, 0.15) is 17.3 Å². The third-order valence-electron chi connectivity index (χ3n) is 4.10. The lowest BCUT2D eigenvalue weighted by atomic mass is 9.97. The van der Waals surface area contributed by atoms with Gasteiger partial charge in [-0.1, -0.05) is 17.7 Å². The molecule has 1 aromatic carbocycles. The topological polar surface area (TPSA) is 66.9 Å². The number of hydrogen-bond donors (Lipinski definition) is 2. The molecule has 0 radical (unpaired) electrons. The molecule has 3 rings (SSSR count). The summed E-state index contributed by atoms with van der Waals surface area (Å²) in [7, 11) is 0. The van der Waals surface area contributed by atoms with Gasteiger partial charge in [-0.2, -0.15) is 0 Å². The van der Waals surface area contributed by atoms with Gasteiger partial charge in [-0.15, -0.1) is 0 Å². The van der Waals surface area contributed by atoms with Crippen LogP contribution in [0.2, 0.25) is 0 Å². The molecule has 0 unspecified atom stereocenters. The van der Waals surface area contributed by atoms with E-state index in [0.29, 0.717) is 18.1 Å². The predicted octanol–water partition coefficient (Wildman–Crippen LogP) is 3.98. The van der Waals surface area contributed by atoms with Crippen LogP contribution >= 0.6 is 0 Å². The van der Waals surface area contributed by atoms with E-state index >= 15 is 0 Å². The molecule has 0 atom stereocenters. The number of nitrogens with one attached hydrogen (secondary N) is 2. The molecule has 6 heteroatoms. The van der Waals surface area contributed by atoms with Crippen LogP contribution in [0.15, 0.2) is 48.3 Å². The van der Waals surface area contributed by atoms with Crippen LogP contribution in [-0.2, 0) is 0 Å². The van der Waals surface area contributed by atoms with Gasteiger partial charge >= 0.3 is 0 Å². The Kier molecular flexibility index (Phi) is 5.72. The highest BCUT2D eigenvalue weighted by atomic mass is 19.1. The lowest BCUT2D eigenvalue weighted by Gasteiger charge is -2.12. The van der Waals surface area contributed by atoms with E-state index in [4.69, 9.17) is 0 Å². The molecule has 0 saturated carbocycles. The Morgan fingerprint density at radius 3 is 2.84 bits per heavy atom. The van der Waals surface area contributed by atoms with Crippen molar-refractivity contribution in [1.82, 2.24) is 15.3 Å². The number of benzene rings is 1. The van der Waals surface area contributed by atoms with Crippen molar-refractivity contribution < 1.29 is 9.18 Å². The van der Waals surface area contributed by atoms with Crippen molar-refractivity contribution in [3.8, 4) is 0 Å². The van der Waals surface area contributed by atoms with Crippen LogP contribution < -0.4 is 10.6 Å². The van der Waals surface area contributed by atoms with Crippen molar-refractivity contribution >= 4 is 17.4 Å². The lowest BCUT2D eigenvalue weighted by molar-refractivity contribution is 0.0948. The van der Waals surface area contributed by atoms with Crippen LogP contribution in [0.1, 0.15) is 42.6 Å². The number of carbonyl (C=O) groups is 1. The molecule has 1 aromatic heterocycles. The molecule has 0 saturated heterocycles. The molecule has 1 aliphatic rings. The maximum Gasteiger partial charge on any atom is 0.271 e. The van der Waals surface area contributed by atoms with Crippen LogP contribution in [-0.4, -0.2) is 22.4 Å². The standard InChI is InChI=1S/C19H21FN4O/c20-15-7-4-8-16(11-15)24-18-13-22-17(12-23-18)19(25)21-10-9-14-5-2-1-3-6-14/h4-5,7-8,11-13H,1-3,6,9-10H2,(H,21,25)(H,23,24). The van der Waals surface area contributed by atoms with Crippen molar-refractivity contribution in [3.05, 3.63) is 59.8 Å². The second-order valence-electron chi connectivity index (χ2n) is 6.04. The molecule has 1 aliphatic carbocycles. The number of anilines is 2. The van der Waals surface area contributed by atoms with E-state index in [1.807, 2.05) is 0 Å². The molecular formula is C19H21FN4O. The van der Waals surface area contributed by atoms with Gasteiger partial charge in [0.2, 0.25) is 0 Å². The summed E-state index contributed by atoms with van der Waals surface area (Å²) in [5.74, 6) is -0.113. The van der Waals surface area contributed by atoms with Gasteiger partial charge in [0.05, 0.1) is 12.4 Å². The van der Waals surface area contributed by atoms with Gasteiger partial charge < -0.3 is 10.6 Å². The van der Waals surface area contributed by atoms with Gasteiger partial charge in [-0.3, -0.25) is 4.79 Å². The summed E-state index contributed by atoms with van der Waals surface area (Å²) in [4.78, 5) is 20.4. The molecule has 0 spiro atoms. The largest absolute Gasteiger partial charge is 0.350 e. The molecule has 0 bridgehead atoms. The molecule has 0 aliphatic heterocycles. The molecule has 0 fully saturated rings. The summed E-state index contributed by atoms with van der Waals surface area (Å²) in [5, 5.41) is 5.81. The summed E-state index contributed by atoms with van der Waals surface area (Å²) in [6.45, 7) is 0.607. The number of aromatic nitrogens is 2. The van der Waals surface area contributed by atoms with Crippen molar-refractivity contribution in [2.45, 2.75) is 32.1 Å². The SMILES string of the molecule is O=C(NCCC1=CCCCC1)c1cnc(Nc2cccc(F)c2)cn1. The van der Waals surface area contributed by atoms with E-state index < -0.39 is 0 Å². The molecule has 1 amide bonds. The Balaban J connectivity index is 1.51. The highest BCUT2D eigenvalue weighted by Crippen LogP contribution is 2.19. The molecule has 25 heavy (non-hydrogen) atoms. The third kappa shape index (κ3) is 5.11. The maximum absolute atomic E-state index is 13.2. The Bertz CT molecular complexity index is 758. The zero-order chi connectivity index (χ0) is 17.5. The molecule has 1 heterocycles.